The molecule has 0 radical (unpaired) electrons. The molecule has 46 valence electrons. The van der Waals surface area contributed by atoms with Crippen LogP contribution in [0.1, 0.15) is 0 Å². The molecule has 0 aliphatic heterocycles. The van der Waals surface area contributed by atoms with Gasteiger partial charge >= 0.3 is 0 Å². The molecule has 0 unspecified atom stereocenters. The van der Waals surface area contributed by atoms with Crippen LogP contribution in [0.4, 0.5) is 0 Å². The molecular weight excluding hydrogens is 114 g/mol. The van der Waals surface area contributed by atoms with Gasteiger partial charge in [0.15, 0.2) is 0 Å². The van der Waals surface area contributed by atoms with Gasteiger partial charge in [0.2, 0.25) is 0 Å². The summed E-state index contributed by atoms with van der Waals surface area (Å²) < 4.78 is 0. The van der Waals surface area contributed by atoms with Crippen LogP contribution in [0, 0.1) is 0 Å². The standard InChI is InChI=1S/C4H9N.ClH.H2O/c1-4-5(2)3;;/h4H,1H2,2-3H3;1H;1H2. The fourth-order valence-electron chi connectivity index (χ4n) is 0. The third kappa shape index (κ3) is 26.0. The lowest BCUT2D eigenvalue weighted by atomic mass is 10.9. The zero-order valence-electron chi connectivity index (χ0n) is 4.64. The largest absolute Gasteiger partial charge is 0.412 e. The van der Waals surface area contributed by atoms with E-state index in [1.54, 1.807) is 6.20 Å². The van der Waals surface area contributed by atoms with Gasteiger partial charge in [-0.2, -0.15) is 0 Å². The second kappa shape index (κ2) is 9.25. The number of hydrogen-bond acceptors (Lipinski definition) is 1. The SMILES string of the molecule is C=CN(C)C.Cl.O. The first-order valence-electron chi connectivity index (χ1n) is 1.56. The zero-order valence-corrected chi connectivity index (χ0v) is 5.46. The van der Waals surface area contributed by atoms with Crippen LogP contribution in [0.2, 0.25) is 0 Å². The Labute approximate surface area is 50.5 Å². The Balaban J connectivity index is -0.0000000800. The van der Waals surface area contributed by atoms with E-state index in [2.05, 4.69) is 6.58 Å². The topological polar surface area (TPSA) is 34.7 Å². The van der Waals surface area contributed by atoms with E-state index in [4.69, 9.17) is 0 Å². The van der Waals surface area contributed by atoms with Gasteiger partial charge in [0, 0.05) is 14.1 Å². The first-order valence-corrected chi connectivity index (χ1v) is 1.56. The smallest absolute Gasteiger partial charge is 0.00554 e. The highest BCUT2D eigenvalue weighted by molar-refractivity contribution is 5.85. The highest BCUT2D eigenvalue weighted by Gasteiger charge is 1.61. The highest BCUT2D eigenvalue weighted by Crippen LogP contribution is 1.64. The van der Waals surface area contributed by atoms with Gasteiger partial charge in [-0.1, -0.05) is 6.58 Å². The van der Waals surface area contributed by atoms with Gasteiger partial charge in [-0.05, 0) is 6.20 Å². The summed E-state index contributed by atoms with van der Waals surface area (Å²) >= 11 is 0. The number of hydrogen-bond donors (Lipinski definition) is 0. The molecule has 0 atom stereocenters. The van der Waals surface area contributed by atoms with Crippen LogP contribution in [0.3, 0.4) is 0 Å². The number of nitrogens with zero attached hydrogens (tertiary/aromatic N) is 1. The average molecular weight is 126 g/mol. The Morgan fingerprint density at radius 3 is 1.57 bits per heavy atom. The van der Waals surface area contributed by atoms with Gasteiger partial charge in [-0.15, -0.1) is 12.4 Å². The molecule has 0 aromatic carbocycles. The van der Waals surface area contributed by atoms with E-state index < -0.39 is 0 Å². The second-order valence-corrected chi connectivity index (χ2v) is 1.15. The fraction of sp³-hybridized carbons (Fsp3) is 0.500. The number of rotatable bonds is 1. The molecule has 7 heavy (non-hydrogen) atoms. The minimum atomic E-state index is 0. The van der Waals surface area contributed by atoms with Crippen molar-refractivity contribution in [2.24, 2.45) is 0 Å². The molecule has 0 saturated carbocycles. The van der Waals surface area contributed by atoms with Crippen LogP contribution >= 0.6 is 12.4 Å². The van der Waals surface area contributed by atoms with Gasteiger partial charge in [-0.3, -0.25) is 0 Å². The van der Waals surface area contributed by atoms with Crippen LogP contribution in [-0.2, 0) is 0 Å². The minimum Gasteiger partial charge on any atom is -0.412 e. The molecule has 0 bridgehead atoms. The van der Waals surface area contributed by atoms with Gasteiger partial charge in [0.1, 0.15) is 0 Å². The Morgan fingerprint density at radius 1 is 1.43 bits per heavy atom. The Bertz CT molecular complexity index is 38.7. The summed E-state index contributed by atoms with van der Waals surface area (Å²) in [6, 6.07) is 0. The van der Waals surface area contributed by atoms with Crippen LogP contribution in [-0.4, -0.2) is 24.5 Å². The summed E-state index contributed by atoms with van der Waals surface area (Å²) in [4.78, 5) is 1.89. The molecule has 0 aliphatic rings. The summed E-state index contributed by atoms with van der Waals surface area (Å²) in [5.41, 5.74) is 0. The van der Waals surface area contributed by atoms with E-state index in [9.17, 15) is 0 Å². The van der Waals surface area contributed by atoms with Crippen molar-refractivity contribution in [2.75, 3.05) is 14.1 Å². The molecule has 0 aliphatic carbocycles. The highest BCUT2D eigenvalue weighted by atomic mass is 35.5. The van der Waals surface area contributed by atoms with Crippen molar-refractivity contribution in [1.29, 1.82) is 0 Å². The molecule has 2 nitrogen and oxygen atoms in total. The summed E-state index contributed by atoms with van der Waals surface area (Å²) in [7, 11) is 3.88. The molecule has 0 heterocycles. The second-order valence-electron chi connectivity index (χ2n) is 1.15. The van der Waals surface area contributed by atoms with Crippen LogP contribution < -0.4 is 0 Å². The molecular formula is C4H12ClNO. The molecule has 0 aromatic rings. The zero-order chi connectivity index (χ0) is 4.28. The molecule has 0 spiro atoms. The van der Waals surface area contributed by atoms with Crippen molar-refractivity contribution in [3.05, 3.63) is 12.8 Å². The lowest BCUT2D eigenvalue weighted by molar-refractivity contribution is 0.566. The summed E-state index contributed by atoms with van der Waals surface area (Å²) in [5.74, 6) is 0. The minimum absolute atomic E-state index is 0. The molecule has 0 amide bonds. The quantitative estimate of drug-likeness (QED) is 0.496. The number of halogens is 1. The molecule has 0 fully saturated rings. The Morgan fingerprint density at radius 2 is 1.57 bits per heavy atom. The van der Waals surface area contributed by atoms with Gasteiger partial charge in [-0.25, -0.2) is 0 Å². The van der Waals surface area contributed by atoms with E-state index in [-0.39, 0.29) is 17.9 Å². The lowest BCUT2D eigenvalue weighted by Gasteiger charge is -1.98. The van der Waals surface area contributed by atoms with Crippen molar-refractivity contribution in [3.8, 4) is 0 Å². The third-order valence-electron chi connectivity index (χ3n) is 0.365. The maximum absolute atomic E-state index is 3.49. The maximum Gasteiger partial charge on any atom is 0.00554 e. The van der Waals surface area contributed by atoms with Crippen molar-refractivity contribution >= 4 is 12.4 Å². The average Bonchev–Trinajstić information content (AvgIpc) is 1.38. The molecule has 0 saturated heterocycles. The van der Waals surface area contributed by atoms with Crippen molar-refractivity contribution in [1.82, 2.24) is 4.90 Å². The van der Waals surface area contributed by atoms with E-state index in [1.165, 1.54) is 0 Å². The molecule has 3 heteroatoms. The van der Waals surface area contributed by atoms with Gasteiger partial charge in [0.25, 0.3) is 0 Å². The molecule has 0 aromatic heterocycles. The van der Waals surface area contributed by atoms with Crippen LogP contribution in [0.5, 0.6) is 0 Å². The van der Waals surface area contributed by atoms with Gasteiger partial charge in [0.05, 0.1) is 0 Å². The van der Waals surface area contributed by atoms with E-state index in [0.29, 0.717) is 0 Å². The summed E-state index contributed by atoms with van der Waals surface area (Å²) in [6.45, 7) is 3.49. The predicted molar refractivity (Wildman–Crippen MR) is 34.7 cm³/mol. The first-order chi connectivity index (χ1) is 2.27. The molecule has 0 rings (SSSR count). The Kier molecular flexibility index (Phi) is 20.9. The fourth-order valence-corrected chi connectivity index (χ4v) is 0. The van der Waals surface area contributed by atoms with Crippen LogP contribution in [0.25, 0.3) is 0 Å². The van der Waals surface area contributed by atoms with Crippen molar-refractivity contribution in [3.63, 3.8) is 0 Å². The monoisotopic (exact) mass is 125 g/mol. The predicted octanol–water partition coefficient (Wildman–Crippen LogP) is 0.289. The van der Waals surface area contributed by atoms with Crippen molar-refractivity contribution in [2.45, 2.75) is 0 Å². The van der Waals surface area contributed by atoms with Crippen molar-refractivity contribution < 1.29 is 5.48 Å². The van der Waals surface area contributed by atoms with E-state index in [0.717, 1.165) is 0 Å². The summed E-state index contributed by atoms with van der Waals surface area (Å²) in [6.07, 6.45) is 1.75. The normalized spacial score (nSPS) is 4.86. The van der Waals surface area contributed by atoms with Crippen LogP contribution in [0.15, 0.2) is 12.8 Å². The van der Waals surface area contributed by atoms with E-state index in [1.807, 2.05) is 19.0 Å². The van der Waals surface area contributed by atoms with E-state index >= 15 is 0 Å². The maximum atomic E-state index is 3.49. The van der Waals surface area contributed by atoms with Gasteiger partial charge < -0.3 is 10.4 Å². The summed E-state index contributed by atoms with van der Waals surface area (Å²) in [5, 5.41) is 0. The Hall–Kier alpha value is -0.210. The first kappa shape index (κ1) is 15.8. The lowest BCUT2D eigenvalue weighted by Crippen LogP contribution is -1.97. The third-order valence-corrected chi connectivity index (χ3v) is 0.365. The molecule has 2 N–H and O–H groups in total.